The predicted molar refractivity (Wildman–Crippen MR) is 60.4 cm³/mol. The highest BCUT2D eigenvalue weighted by molar-refractivity contribution is 5.93. The minimum atomic E-state index is 0.781. The Bertz CT molecular complexity index is 496. The molecule has 0 amide bonds. The molecule has 0 bridgehead atoms. The highest BCUT2D eigenvalue weighted by Crippen LogP contribution is 2.28. The molecule has 0 radical (unpaired) electrons. The van der Waals surface area contributed by atoms with Gasteiger partial charge < -0.3 is 10.1 Å². The van der Waals surface area contributed by atoms with Gasteiger partial charge >= 0.3 is 0 Å². The summed E-state index contributed by atoms with van der Waals surface area (Å²) >= 11 is 0. The van der Waals surface area contributed by atoms with Crippen LogP contribution in [0.2, 0.25) is 0 Å². The summed E-state index contributed by atoms with van der Waals surface area (Å²) in [5, 5.41) is 4.03. The van der Waals surface area contributed by atoms with Gasteiger partial charge in [-0.2, -0.15) is 0 Å². The molecule has 0 aliphatic carbocycles. The third-order valence-electron chi connectivity index (χ3n) is 2.30. The third kappa shape index (κ3) is 1.58. The highest BCUT2D eigenvalue weighted by Gasteiger charge is 2.07. The molecule has 1 heterocycles. The minimum Gasteiger partial charge on any atom is -0.494 e. The van der Waals surface area contributed by atoms with Crippen LogP contribution in [0.5, 0.6) is 5.75 Å². The number of hydrogen-bond acceptors (Lipinski definition) is 4. The first-order valence-corrected chi connectivity index (χ1v) is 4.73. The summed E-state index contributed by atoms with van der Waals surface area (Å²) in [6, 6.07) is 4.01. The Balaban J connectivity index is 2.82. The Kier molecular flexibility index (Phi) is 2.41. The summed E-state index contributed by atoms with van der Waals surface area (Å²) in [5.41, 5.74) is 1.97. The molecule has 4 nitrogen and oxygen atoms in total. The van der Waals surface area contributed by atoms with E-state index in [1.807, 2.05) is 26.1 Å². The topological polar surface area (TPSA) is 47.0 Å². The number of aryl methyl sites for hydroxylation is 1. The van der Waals surface area contributed by atoms with Gasteiger partial charge in [0, 0.05) is 12.4 Å². The first kappa shape index (κ1) is 9.71. The molecule has 15 heavy (non-hydrogen) atoms. The van der Waals surface area contributed by atoms with E-state index < -0.39 is 0 Å². The molecular formula is C11H13N3O. The maximum absolute atomic E-state index is 5.29. The molecule has 1 aromatic heterocycles. The van der Waals surface area contributed by atoms with Crippen molar-refractivity contribution in [3.63, 3.8) is 0 Å². The molecule has 0 unspecified atom stereocenters. The molecule has 0 atom stereocenters. The van der Waals surface area contributed by atoms with Gasteiger partial charge in [-0.05, 0) is 24.6 Å². The van der Waals surface area contributed by atoms with Gasteiger partial charge in [0.15, 0.2) is 0 Å². The first-order chi connectivity index (χ1) is 7.26. The van der Waals surface area contributed by atoms with Gasteiger partial charge in [-0.1, -0.05) is 0 Å². The molecule has 0 aliphatic heterocycles. The monoisotopic (exact) mass is 203 g/mol. The second-order valence-corrected chi connectivity index (χ2v) is 3.34. The van der Waals surface area contributed by atoms with Crippen LogP contribution in [0, 0.1) is 6.92 Å². The van der Waals surface area contributed by atoms with Crippen molar-refractivity contribution >= 4 is 16.7 Å². The van der Waals surface area contributed by atoms with E-state index >= 15 is 0 Å². The van der Waals surface area contributed by atoms with E-state index in [1.54, 1.807) is 7.11 Å². The van der Waals surface area contributed by atoms with Gasteiger partial charge in [0.2, 0.25) is 0 Å². The second kappa shape index (κ2) is 3.73. The number of hydrogen-bond donors (Lipinski definition) is 1. The van der Waals surface area contributed by atoms with Crippen molar-refractivity contribution in [1.29, 1.82) is 0 Å². The van der Waals surface area contributed by atoms with E-state index in [4.69, 9.17) is 4.74 Å². The van der Waals surface area contributed by atoms with Crippen LogP contribution in [0.15, 0.2) is 18.5 Å². The number of nitrogens with zero attached hydrogens (tertiary/aromatic N) is 2. The lowest BCUT2D eigenvalue weighted by Gasteiger charge is -2.08. The number of benzene rings is 1. The maximum atomic E-state index is 5.29. The molecule has 2 aromatic rings. The maximum Gasteiger partial charge on any atom is 0.145 e. The Morgan fingerprint density at radius 3 is 2.73 bits per heavy atom. The molecular weight excluding hydrogens is 190 g/mol. The molecule has 1 N–H and O–H groups in total. The lowest BCUT2D eigenvalue weighted by Crippen LogP contribution is -1.97. The van der Waals surface area contributed by atoms with Crippen LogP contribution in [0.3, 0.4) is 0 Å². The lowest BCUT2D eigenvalue weighted by atomic mass is 10.1. The summed E-state index contributed by atoms with van der Waals surface area (Å²) in [7, 11) is 3.49. The van der Waals surface area contributed by atoms with E-state index in [0.29, 0.717) is 0 Å². The van der Waals surface area contributed by atoms with Crippen molar-refractivity contribution in [2.75, 3.05) is 19.5 Å². The minimum absolute atomic E-state index is 0.781. The fraction of sp³-hybridized carbons (Fsp3) is 0.273. The van der Waals surface area contributed by atoms with Crippen LogP contribution >= 0.6 is 0 Å². The van der Waals surface area contributed by atoms with Crippen molar-refractivity contribution in [3.8, 4) is 5.75 Å². The number of aromatic nitrogens is 2. The van der Waals surface area contributed by atoms with Crippen LogP contribution in [0.4, 0.5) is 5.82 Å². The molecule has 1 aromatic carbocycles. The van der Waals surface area contributed by atoms with Gasteiger partial charge in [0.25, 0.3) is 0 Å². The zero-order chi connectivity index (χ0) is 10.8. The predicted octanol–water partition coefficient (Wildman–Crippen LogP) is 1.99. The van der Waals surface area contributed by atoms with Crippen molar-refractivity contribution in [2.24, 2.45) is 0 Å². The molecule has 0 fully saturated rings. The molecule has 4 heteroatoms. The van der Waals surface area contributed by atoms with Gasteiger partial charge in [-0.25, -0.2) is 9.97 Å². The van der Waals surface area contributed by atoms with E-state index in [9.17, 15) is 0 Å². The SMILES string of the molecule is CNc1ncnc2c(OC)cc(C)cc12. The van der Waals surface area contributed by atoms with Crippen molar-refractivity contribution in [1.82, 2.24) is 9.97 Å². The van der Waals surface area contributed by atoms with Crippen LogP contribution in [0.1, 0.15) is 5.56 Å². The summed E-state index contributed by atoms with van der Waals surface area (Å²) in [6.45, 7) is 2.02. The number of nitrogens with one attached hydrogen (secondary N) is 1. The highest BCUT2D eigenvalue weighted by atomic mass is 16.5. The lowest BCUT2D eigenvalue weighted by molar-refractivity contribution is 0.418. The summed E-state index contributed by atoms with van der Waals surface area (Å²) in [4.78, 5) is 8.39. The molecule has 0 saturated heterocycles. The standard InChI is InChI=1S/C11H13N3O/c1-7-4-8-10(9(5-7)15-3)13-6-14-11(8)12-2/h4-6H,1-3H3,(H,12,13,14). The average Bonchev–Trinajstić information content (AvgIpc) is 2.27. The number of anilines is 1. The van der Waals surface area contributed by atoms with Crippen molar-refractivity contribution in [2.45, 2.75) is 6.92 Å². The smallest absolute Gasteiger partial charge is 0.145 e. The van der Waals surface area contributed by atoms with E-state index in [2.05, 4.69) is 15.3 Å². The first-order valence-electron chi connectivity index (χ1n) is 4.73. The Hall–Kier alpha value is -1.84. The Morgan fingerprint density at radius 2 is 2.07 bits per heavy atom. The van der Waals surface area contributed by atoms with Gasteiger partial charge in [0.05, 0.1) is 7.11 Å². The summed E-state index contributed by atoms with van der Waals surface area (Å²) < 4.78 is 5.29. The van der Waals surface area contributed by atoms with Crippen LogP contribution in [0.25, 0.3) is 10.9 Å². The average molecular weight is 203 g/mol. The van der Waals surface area contributed by atoms with Crippen LogP contribution < -0.4 is 10.1 Å². The fourth-order valence-electron chi connectivity index (χ4n) is 1.63. The van der Waals surface area contributed by atoms with Gasteiger partial charge in [0.1, 0.15) is 23.4 Å². The fourth-order valence-corrected chi connectivity index (χ4v) is 1.63. The van der Waals surface area contributed by atoms with Gasteiger partial charge in [-0.3, -0.25) is 0 Å². The Morgan fingerprint density at radius 1 is 1.27 bits per heavy atom. The second-order valence-electron chi connectivity index (χ2n) is 3.34. The number of rotatable bonds is 2. The summed E-state index contributed by atoms with van der Waals surface area (Å²) in [5.74, 6) is 1.60. The molecule has 0 spiro atoms. The normalized spacial score (nSPS) is 10.3. The molecule has 0 saturated carbocycles. The molecule has 78 valence electrons. The van der Waals surface area contributed by atoms with E-state index in [0.717, 1.165) is 28.0 Å². The summed E-state index contributed by atoms with van der Waals surface area (Å²) in [6.07, 6.45) is 1.53. The molecule has 2 rings (SSSR count). The van der Waals surface area contributed by atoms with Crippen LogP contribution in [-0.4, -0.2) is 24.1 Å². The quantitative estimate of drug-likeness (QED) is 0.810. The largest absolute Gasteiger partial charge is 0.494 e. The Labute approximate surface area is 88.3 Å². The van der Waals surface area contributed by atoms with E-state index in [-0.39, 0.29) is 0 Å². The van der Waals surface area contributed by atoms with Gasteiger partial charge in [-0.15, -0.1) is 0 Å². The molecule has 0 aliphatic rings. The van der Waals surface area contributed by atoms with Crippen molar-refractivity contribution < 1.29 is 4.74 Å². The van der Waals surface area contributed by atoms with Crippen molar-refractivity contribution in [3.05, 3.63) is 24.0 Å². The zero-order valence-electron chi connectivity index (χ0n) is 9.03. The number of fused-ring (bicyclic) bond motifs is 1. The third-order valence-corrected chi connectivity index (χ3v) is 2.30. The number of methoxy groups -OCH3 is 1. The van der Waals surface area contributed by atoms with E-state index in [1.165, 1.54) is 6.33 Å². The number of ether oxygens (including phenoxy) is 1. The zero-order valence-corrected chi connectivity index (χ0v) is 9.03. The van der Waals surface area contributed by atoms with Crippen LogP contribution in [-0.2, 0) is 0 Å².